The standard InChI is InChI=1S/C12H17N3O2/c16-9-8-14-4-6-15(7-5-14)12(17)11-2-1-3-13-10-11/h1-3,10,16H,4-9H2. The molecule has 92 valence electrons. The molecule has 1 aromatic rings. The molecule has 0 spiro atoms. The van der Waals surface area contributed by atoms with E-state index >= 15 is 0 Å². The van der Waals surface area contributed by atoms with E-state index in [0.717, 1.165) is 13.1 Å². The van der Waals surface area contributed by atoms with Gasteiger partial charge in [-0.3, -0.25) is 14.7 Å². The Labute approximate surface area is 101 Å². The van der Waals surface area contributed by atoms with Crippen molar-refractivity contribution in [3.63, 3.8) is 0 Å². The average Bonchev–Trinajstić information content (AvgIpc) is 2.40. The van der Waals surface area contributed by atoms with Crippen molar-refractivity contribution in [2.75, 3.05) is 39.3 Å². The zero-order chi connectivity index (χ0) is 12.1. The lowest BCUT2D eigenvalue weighted by molar-refractivity contribution is 0.0614. The third-order valence-electron chi connectivity index (χ3n) is 2.98. The fraction of sp³-hybridized carbons (Fsp3) is 0.500. The zero-order valence-electron chi connectivity index (χ0n) is 9.75. The molecule has 1 fully saturated rings. The van der Waals surface area contributed by atoms with Gasteiger partial charge in [-0.15, -0.1) is 0 Å². The molecular formula is C12H17N3O2. The largest absolute Gasteiger partial charge is 0.395 e. The minimum absolute atomic E-state index is 0.0433. The quantitative estimate of drug-likeness (QED) is 0.790. The number of aliphatic hydroxyl groups excluding tert-OH is 1. The molecule has 1 amide bonds. The number of rotatable bonds is 3. The summed E-state index contributed by atoms with van der Waals surface area (Å²) in [6.07, 6.45) is 3.26. The summed E-state index contributed by atoms with van der Waals surface area (Å²) in [5.41, 5.74) is 0.642. The van der Waals surface area contributed by atoms with Crippen LogP contribution in [0.5, 0.6) is 0 Å². The van der Waals surface area contributed by atoms with Gasteiger partial charge in [0.1, 0.15) is 0 Å². The van der Waals surface area contributed by atoms with Gasteiger partial charge >= 0.3 is 0 Å². The van der Waals surface area contributed by atoms with E-state index in [1.54, 1.807) is 24.5 Å². The molecule has 5 heteroatoms. The van der Waals surface area contributed by atoms with Gasteiger partial charge < -0.3 is 10.0 Å². The summed E-state index contributed by atoms with van der Waals surface area (Å²) in [4.78, 5) is 20.0. The first-order chi connectivity index (χ1) is 8.31. The molecule has 1 aliphatic heterocycles. The smallest absolute Gasteiger partial charge is 0.255 e. The van der Waals surface area contributed by atoms with Gasteiger partial charge in [0.25, 0.3) is 5.91 Å². The Morgan fingerprint density at radius 3 is 2.71 bits per heavy atom. The highest BCUT2D eigenvalue weighted by molar-refractivity contribution is 5.93. The van der Waals surface area contributed by atoms with Gasteiger partial charge in [0.15, 0.2) is 0 Å². The highest BCUT2D eigenvalue weighted by atomic mass is 16.3. The van der Waals surface area contributed by atoms with Crippen LogP contribution in [0.4, 0.5) is 0 Å². The number of aliphatic hydroxyl groups is 1. The monoisotopic (exact) mass is 235 g/mol. The molecule has 0 radical (unpaired) electrons. The molecule has 0 unspecified atom stereocenters. The number of piperazine rings is 1. The maximum Gasteiger partial charge on any atom is 0.255 e. The van der Waals surface area contributed by atoms with Crippen molar-refractivity contribution in [1.29, 1.82) is 0 Å². The van der Waals surface area contributed by atoms with Gasteiger partial charge in [-0.05, 0) is 12.1 Å². The summed E-state index contributed by atoms with van der Waals surface area (Å²) in [7, 11) is 0. The second kappa shape index (κ2) is 5.75. The van der Waals surface area contributed by atoms with Crippen LogP contribution in [0.25, 0.3) is 0 Å². The molecular weight excluding hydrogens is 218 g/mol. The maximum absolute atomic E-state index is 12.1. The molecule has 0 bridgehead atoms. The summed E-state index contributed by atoms with van der Waals surface area (Å²) in [5, 5.41) is 8.84. The van der Waals surface area contributed by atoms with Gasteiger partial charge in [-0.2, -0.15) is 0 Å². The van der Waals surface area contributed by atoms with Crippen LogP contribution >= 0.6 is 0 Å². The summed E-state index contributed by atoms with van der Waals surface area (Å²) in [5.74, 6) is 0.0433. The molecule has 0 saturated carbocycles. The van der Waals surface area contributed by atoms with Crippen LogP contribution in [-0.2, 0) is 0 Å². The van der Waals surface area contributed by atoms with E-state index in [1.165, 1.54) is 0 Å². The summed E-state index contributed by atoms with van der Waals surface area (Å²) >= 11 is 0. The molecule has 0 aromatic carbocycles. The number of hydrogen-bond acceptors (Lipinski definition) is 4. The second-order valence-electron chi connectivity index (χ2n) is 4.10. The molecule has 1 aliphatic rings. The normalized spacial score (nSPS) is 17.1. The third kappa shape index (κ3) is 3.01. The summed E-state index contributed by atoms with van der Waals surface area (Å²) < 4.78 is 0. The van der Waals surface area contributed by atoms with E-state index in [2.05, 4.69) is 9.88 Å². The number of β-amino-alcohol motifs (C(OH)–C–C–N with tert-alkyl or cyclic N) is 1. The Bertz CT molecular complexity index is 361. The SMILES string of the molecule is O=C(c1cccnc1)N1CCN(CCO)CC1. The third-order valence-corrected chi connectivity index (χ3v) is 2.98. The van der Waals surface area contributed by atoms with Crippen molar-refractivity contribution in [3.8, 4) is 0 Å². The van der Waals surface area contributed by atoms with Gasteiger partial charge in [-0.1, -0.05) is 0 Å². The van der Waals surface area contributed by atoms with Crippen LogP contribution in [-0.4, -0.2) is 65.1 Å². The van der Waals surface area contributed by atoms with Gasteiger partial charge in [0.05, 0.1) is 12.2 Å². The van der Waals surface area contributed by atoms with Crippen molar-refractivity contribution in [1.82, 2.24) is 14.8 Å². The average molecular weight is 235 g/mol. The molecule has 2 heterocycles. The van der Waals surface area contributed by atoms with Crippen molar-refractivity contribution in [2.45, 2.75) is 0 Å². The number of pyridine rings is 1. The van der Waals surface area contributed by atoms with Crippen molar-refractivity contribution in [3.05, 3.63) is 30.1 Å². The fourth-order valence-corrected chi connectivity index (χ4v) is 1.99. The lowest BCUT2D eigenvalue weighted by atomic mass is 10.2. The maximum atomic E-state index is 12.1. The Kier molecular flexibility index (Phi) is 4.06. The van der Waals surface area contributed by atoms with Crippen LogP contribution in [0.2, 0.25) is 0 Å². The first-order valence-corrected chi connectivity index (χ1v) is 5.84. The van der Waals surface area contributed by atoms with Crippen LogP contribution < -0.4 is 0 Å². The molecule has 17 heavy (non-hydrogen) atoms. The van der Waals surface area contributed by atoms with Crippen molar-refractivity contribution < 1.29 is 9.90 Å². The molecule has 5 nitrogen and oxygen atoms in total. The van der Waals surface area contributed by atoms with E-state index in [9.17, 15) is 4.79 Å². The minimum atomic E-state index is 0.0433. The Hall–Kier alpha value is -1.46. The van der Waals surface area contributed by atoms with Gasteiger partial charge in [0.2, 0.25) is 0 Å². The Balaban J connectivity index is 1.91. The first kappa shape index (κ1) is 12.0. The molecule has 1 N–H and O–H groups in total. The lowest BCUT2D eigenvalue weighted by Gasteiger charge is -2.34. The van der Waals surface area contributed by atoms with Gasteiger partial charge in [-0.25, -0.2) is 0 Å². The Morgan fingerprint density at radius 2 is 2.12 bits per heavy atom. The van der Waals surface area contributed by atoms with E-state index in [-0.39, 0.29) is 12.5 Å². The van der Waals surface area contributed by atoms with Gasteiger partial charge in [0, 0.05) is 45.1 Å². The molecule has 0 aliphatic carbocycles. The number of carbonyl (C=O) groups excluding carboxylic acids is 1. The number of carbonyl (C=O) groups is 1. The van der Waals surface area contributed by atoms with Crippen LogP contribution in [0.3, 0.4) is 0 Å². The first-order valence-electron chi connectivity index (χ1n) is 5.84. The molecule has 1 aromatic heterocycles. The van der Waals surface area contributed by atoms with E-state index < -0.39 is 0 Å². The van der Waals surface area contributed by atoms with E-state index in [1.807, 2.05) is 4.90 Å². The highest BCUT2D eigenvalue weighted by Crippen LogP contribution is 2.07. The number of aromatic nitrogens is 1. The van der Waals surface area contributed by atoms with E-state index in [0.29, 0.717) is 25.2 Å². The molecule has 2 rings (SSSR count). The topological polar surface area (TPSA) is 56.7 Å². The minimum Gasteiger partial charge on any atom is -0.395 e. The predicted octanol–water partition coefficient (Wildman–Crippen LogP) is -0.168. The van der Waals surface area contributed by atoms with Crippen molar-refractivity contribution in [2.24, 2.45) is 0 Å². The van der Waals surface area contributed by atoms with Crippen LogP contribution in [0.1, 0.15) is 10.4 Å². The van der Waals surface area contributed by atoms with Crippen LogP contribution in [0.15, 0.2) is 24.5 Å². The highest BCUT2D eigenvalue weighted by Gasteiger charge is 2.21. The Morgan fingerprint density at radius 1 is 1.35 bits per heavy atom. The summed E-state index contributed by atoms with van der Waals surface area (Å²) in [6, 6.07) is 3.56. The number of nitrogens with zero attached hydrogens (tertiary/aromatic N) is 3. The zero-order valence-corrected chi connectivity index (χ0v) is 9.75. The van der Waals surface area contributed by atoms with E-state index in [4.69, 9.17) is 5.11 Å². The van der Waals surface area contributed by atoms with Crippen molar-refractivity contribution >= 4 is 5.91 Å². The predicted molar refractivity (Wildman–Crippen MR) is 63.7 cm³/mol. The van der Waals surface area contributed by atoms with Crippen LogP contribution in [0, 0.1) is 0 Å². The second-order valence-corrected chi connectivity index (χ2v) is 4.10. The lowest BCUT2D eigenvalue weighted by Crippen LogP contribution is -2.49. The number of amides is 1. The molecule has 0 atom stereocenters. The molecule has 1 saturated heterocycles. The summed E-state index contributed by atoms with van der Waals surface area (Å²) in [6.45, 7) is 3.95. The number of hydrogen-bond donors (Lipinski definition) is 1. The fourth-order valence-electron chi connectivity index (χ4n) is 1.99.